The maximum absolute atomic E-state index is 12.4. The van der Waals surface area contributed by atoms with Crippen molar-refractivity contribution in [1.82, 2.24) is 0 Å². The zero-order valence-corrected chi connectivity index (χ0v) is 15.5. The van der Waals surface area contributed by atoms with Crippen LogP contribution in [0.5, 0.6) is 5.75 Å². The summed E-state index contributed by atoms with van der Waals surface area (Å²) < 4.78 is 5.17. The van der Waals surface area contributed by atoms with Gasteiger partial charge in [-0.05, 0) is 43.2 Å². The molecule has 3 heteroatoms. The normalized spacial score (nSPS) is 28.2. The molecule has 0 spiro atoms. The first kappa shape index (κ1) is 18.2. The maximum Gasteiger partial charge on any atom is 0.139 e. The Kier molecular flexibility index (Phi) is 4.89. The predicted octanol–water partition coefficient (Wildman–Crippen LogP) is 3.94. The van der Waals surface area contributed by atoms with Crippen LogP contribution in [0.15, 0.2) is 54.6 Å². The third-order valence-corrected chi connectivity index (χ3v) is 5.61. The number of rotatable bonds is 2. The van der Waals surface area contributed by atoms with Gasteiger partial charge in [0.1, 0.15) is 17.1 Å². The minimum absolute atomic E-state index is 0.0834. The molecule has 2 aromatic carbocycles. The number of aliphatic hydroxyl groups is 1. The standard InChI is InChI=1S/C23H24O3/c1-17-21(24)14-16-22(2,23(17,25)19-7-5-4-6-8-19)15-13-18-9-11-20(26-3)12-10-18/h4-12,17,25H,14,16H2,1-3H3/t17-,22-,23+/m0/s1. The molecule has 0 bridgehead atoms. The summed E-state index contributed by atoms with van der Waals surface area (Å²) in [7, 11) is 1.63. The lowest BCUT2D eigenvalue weighted by molar-refractivity contribution is -0.155. The number of carbonyl (C=O) groups is 1. The second kappa shape index (κ2) is 6.97. The smallest absolute Gasteiger partial charge is 0.139 e. The monoisotopic (exact) mass is 348 g/mol. The van der Waals surface area contributed by atoms with Gasteiger partial charge < -0.3 is 9.84 Å². The molecule has 0 unspecified atom stereocenters. The largest absolute Gasteiger partial charge is 0.497 e. The molecular weight excluding hydrogens is 324 g/mol. The summed E-state index contributed by atoms with van der Waals surface area (Å²) in [6, 6.07) is 17.0. The number of benzene rings is 2. The summed E-state index contributed by atoms with van der Waals surface area (Å²) >= 11 is 0. The molecule has 1 aliphatic rings. The highest BCUT2D eigenvalue weighted by atomic mass is 16.5. The highest BCUT2D eigenvalue weighted by Crippen LogP contribution is 2.51. The van der Waals surface area contributed by atoms with Crippen molar-refractivity contribution in [3.63, 3.8) is 0 Å². The third kappa shape index (κ3) is 3.02. The number of ketones is 1. The van der Waals surface area contributed by atoms with E-state index in [2.05, 4.69) is 11.8 Å². The fourth-order valence-electron chi connectivity index (χ4n) is 3.79. The van der Waals surface area contributed by atoms with E-state index in [-0.39, 0.29) is 5.78 Å². The molecule has 0 heterocycles. The van der Waals surface area contributed by atoms with Crippen LogP contribution in [0.3, 0.4) is 0 Å². The third-order valence-electron chi connectivity index (χ3n) is 5.61. The molecule has 1 N–H and O–H groups in total. The van der Waals surface area contributed by atoms with Crippen molar-refractivity contribution in [1.29, 1.82) is 0 Å². The molecule has 3 rings (SSSR count). The molecule has 1 aliphatic carbocycles. The molecule has 2 aromatic rings. The lowest BCUT2D eigenvalue weighted by Gasteiger charge is -2.49. The van der Waals surface area contributed by atoms with E-state index < -0.39 is 16.9 Å². The van der Waals surface area contributed by atoms with Gasteiger partial charge in [-0.2, -0.15) is 0 Å². The highest BCUT2D eigenvalue weighted by molar-refractivity contribution is 5.83. The first-order valence-electron chi connectivity index (χ1n) is 8.88. The van der Waals surface area contributed by atoms with Crippen molar-refractivity contribution < 1.29 is 14.6 Å². The van der Waals surface area contributed by atoms with Gasteiger partial charge in [-0.3, -0.25) is 4.79 Å². The number of hydrogen-bond acceptors (Lipinski definition) is 3. The predicted molar refractivity (Wildman–Crippen MR) is 102 cm³/mol. The van der Waals surface area contributed by atoms with Crippen LogP contribution in [-0.4, -0.2) is 18.0 Å². The second-order valence-electron chi connectivity index (χ2n) is 7.13. The van der Waals surface area contributed by atoms with Crippen molar-refractivity contribution in [2.75, 3.05) is 7.11 Å². The maximum atomic E-state index is 12.4. The van der Waals surface area contributed by atoms with Gasteiger partial charge in [0, 0.05) is 17.9 Å². The van der Waals surface area contributed by atoms with Gasteiger partial charge in [-0.25, -0.2) is 0 Å². The van der Waals surface area contributed by atoms with Crippen LogP contribution in [-0.2, 0) is 10.4 Å². The Hall–Kier alpha value is -2.57. The summed E-state index contributed by atoms with van der Waals surface area (Å²) in [6.07, 6.45) is 0.967. The summed E-state index contributed by atoms with van der Waals surface area (Å²) in [5, 5.41) is 11.7. The van der Waals surface area contributed by atoms with Crippen molar-refractivity contribution >= 4 is 5.78 Å². The number of Topliss-reactive ketones (excluding diaryl/α,β-unsaturated/α-hetero) is 1. The Morgan fingerprint density at radius 2 is 1.77 bits per heavy atom. The summed E-state index contributed by atoms with van der Waals surface area (Å²) in [5.74, 6) is 6.84. The van der Waals surface area contributed by atoms with Crippen LogP contribution in [0, 0.1) is 23.2 Å². The average molecular weight is 348 g/mol. The fraction of sp³-hybridized carbons (Fsp3) is 0.348. The minimum Gasteiger partial charge on any atom is -0.497 e. The summed E-state index contributed by atoms with van der Waals surface area (Å²) in [5.41, 5.74) is -0.441. The van der Waals surface area contributed by atoms with Crippen LogP contribution in [0.2, 0.25) is 0 Å². The van der Waals surface area contributed by atoms with E-state index in [0.717, 1.165) is 16.9 Å². The zero-order chi connectivity index (χ0) is 18.8. The van der Waals surface area contributed by atoms with E-state index in [1.807, 2.05) is 68.4 Å². The van der Waals surface area contributed by atoms with E-state index in [9.17, 15) is 9.90 Å². The quantitative estimate of drug-likeness (QED) is 0.836. The van der Waals surface area contributed by atoms with Crippen LogP contribution < -0.4 is 4.74 Å². The number of carbonyl (C=O) groups excluding carboxylic acids is 1. The number of ether oxygens (including phenoxy) is 1. The van der Waals surface area contributed by atoms with Gasteiger partial charge >= 0.3 is 0 Å². The topological polar surface area (TPSA) is 46.5 Å². The summed E-state index contributed by atoms with van der Waals surface area (Å²) in [6.45, 7) is 3.77. The lowest BCUT2D eigenvalue weighted by Crippen LogP contribution is -2.54. The molecule has 3 nitrogen and oxygen atoms in total. The molecule has 0 amide bonds. The van der Waals surface area contributed by atoms with Crippen molar-refractivity contribution in [3.8, 4) is 17.6 Å². The van der Waals surface area contributed by atoms with Gasteiger partial charge in [-0.1, -0.05) is 49.1 Å². The second-order valence-corrected chi connectivity index (χ2v) is 7.13. The Bertz CT molecular complexity index is 845. The molecular formula is C23H24O3. The van der Waals surface area contributed by atoms with Crippen molar-refractivity contribution in [2.45, 2.75) is 32.3 Å². The van der Waals surface area contributed by atoms with Crippen LogP contribution in [0.4, 0.5) is 0 Å². The Labute approximate surface area is 155 Å². The molecule has 0 radical (unpaired) electrons. The molecule has 1 saturated carbocycles. The average Bonchev–Trinajstić information content (AvgIpc) is 2.69. The van der Waals surface area contributed by atoms with Crippen LogP contribution in [0.1, 0.15) is 37.8 Å². The molecule has 0 aromatic heterocycles. The van der Waals surface area contributed by atoms with Crippen molar-refractivity contribution in [3.05, 3.63) is 65.7 Å². The van der Waals surface area contributed by atoms with Gasteiger partial charge in [0.15, 0.2) is 0 Å². The first-order valence-corrected chi connectivity index (χ1v) is 8.88. The summed E-state index contributed by atoms with van der Waals surface area (Å²) in [4.78, 5) is 12.4. The molecule has 3 atom stereocenters. The minimum atomic E-state index is -1.32. The van der Waals surface area contributed by atoms with Gasteiger partial charge in [-0.15, -0.1) is 0 Å². The van der Waals surface area contributed by atoms with Crippen LogP contribution in [0.25, 0.3) is 0 Å². The Morgan fingerprint density at radius 1 is 1.12 bits per heavy atom. The molecule has 134 valence electrons. The highest BCUT2D eigenvalue weighted by Gasteiger charge is 2.56. The van der Waals surface area contributed by atoms with Gasteiger partial charge in [0.25, 0.3) is 0 Å². The zero-order valence-electron chi connectivity index (χ0n) is 15.5. The molecule has 0 aliphatic heterocycles. The first-order chi connectivity index (χ1) is 12.4. The molecule has 26 heavy (non-hydrogen) atoms. The Balaban J connectivity index is 2.04. The molecule has 0 saturated heterocycles. The van der Waals surface area contributed by atoms with E-state index in [1.54, 1.807) is 7.11 Å². The van der Waals surface area contributed by atoms with E-state index >= 15 is 0 Å². The lowest BCUT2D eigenvalue weighted by atomic mass is 9.57. The van der Waals surface area contributed by atoms with E-state index in [4.69, 9.17) is 4.74 Å². The van der Waals surface area contributed by atoms with E-state index in [0.29, 0.717) is 12.8 Å². The van der Waals surface area contributed by atoms with Crippen LogP contribution >= 0.6 is 0 Å². The van der Waals surface area contributed by atoms with E-state index in [1.165, 1.54) is 0 Å². The van der Waals surface area contributed by atoms with Gasteiger partial charge in [0.2, 0.25) is 0 Å². The number of methoxy groups -OCH3 is 1. The molecule has 1 fully saturated rings. The van der Waals surface area contributed by atoms with Gasteiger partial charge in [0.05, 0.1) is 12.5 Å². The SMILES string of the molecule is COc1ccc(C#C[C@@]2(C)CCC(=O)[C@H](C)[C@@]2(O)c2ccccc2)cc1. The fourth-order valence-corrected chi connectivity index (χ4v) is 3.79. The Morgan fingerprint density at radius 3 is 2.38 bits per heavy atom. The van der Waals surface area contributed by atoms with Crippen molar-refractivity contribution in [2.24, 2.45) is 11.3 Å². The number of hydrogen-bond donors (Lipinski definition) is 1.